The maximum atomic E-state index is 13.0. The number of nitrogens with one attached hydrogen (secondary N) is 1. The zero-order chi connectivity index (χ0) is 20.7. The Labute approximate surface area is 164 Å². The van der Waals surface area contributed by atoms with Crippen LogP contribution in [0, 0.1) is 25.2 Å². The number of carbonyl (C=O) groups is 2. The van der Waals surface area contributed by atoms with E-state index in [0.29, 0.717) is 23.6 Å². The number of Topliss-reactive ketones (excluding diaryl/α,β-unsaturated/α-hetero) is 1. The summed E-state index contributed by atoms with van der Waals surface area (Å²) >= 11 is 0. The van der Waals surface area contributed by atoms with Crippen molar-refractivity contribution in [1.29, 1.82) is 5.26 Å². The first kappa shape index (κ1) is 21.0. The van der Waals surface area contributed by atoms with Gasteiger partial charge in [-0.2, -0.15) is 5.26 Å². The van der Waals surface area contributed by atoms with Crippen molar-refractivity contribution in [3.05, 3.63) is 57.9 Å². The van der Waals surface area contributed by atoms with Gasteiger partial charge in [0.25, 0.3) is 0 Å². The average Bonchev–Trinajstić information content (AvgIpc) is 2.98. The van der Waals surface area contributed by atoms with Gasteiger partial charge in [0, 0.05) is 11.4 Å². The van der Waals surface area contributed by atoms with Crippen LogP contribution in [0.3, 0.4) is 0 Å². The molecule has 0 atom stereocenters. The molecule has 6 heteroatoms. The summed E-state index contributed by atoms with van der Waals surface area (Å²) in [6, 6.07) is 9.07. The maximum Gasteiger partial charge on any atom is 0.340 e. The van der Waals surface area contributed by atoms with Crippen LogP contribution in [0.5, 0.6) is 5.75 Å². The van der Waals surface area contributed by atoms with Crippen molar-refractivity contribution in [2.45, 2.75) is 34.1 Å². The number of aryl methyl sites for hydroxylation is 2. The molecule has 1 aromatic carbocycles. The average molecular weight is 380 g/mol. The van der Waals surface area contributed by atoms with Crippen molar-refractivity contribution in [2.24, 2.45) is 0 Å². The third kappa shape index (κ3) is 4.68. The Bertz CT molecular complexity index is 931. The molecule has 0 bridgehead atoms. The van der Waals surface area contributed by atoms with Crippen molar-refractivity contribution in [2.75, 3.05) is 13.2 Å². The number of aromatic amines is 1. The molecule has 6 nitrogen and oxygen atoms in total. The minimum atomic E-state index is -0.581. The first-order valence-electron chi connectivity index (χ1n) is 9.18. The lowest BCUT2D eigenvalue weighted by atomic mass is 9.98. The van der Waals surface area contributed by atoms with E-state index in [1.807, 2.05) is 13.0 Å². The molecule has 0 saturated heterocycles. The lowest BCUT2D eigenvalue weighted by molar-refractivity contribution is 0.0523. The lowest BCUT2D eigenvalue weighted by Crippen LogP contribution is -2.13. The van der Waals surface area contributed by atoms with E-state index in [2.05, 4.69) is 4.98 Å². The monoisotopic (exact) mass is 380 g/mol. The number of hydrogen-bond donors (Lipinski definition) is 1. The quantitative estimate of drug-likeness (QED) is 0.317. The Morgan fingerprint density at radius 1 is 1.11 bits per heavy atom. The second kappa shape index (κ2) is 9.56. The molecule has 2 rings (SSSR count). The normalized spacial score (nSPS) is 11.0. The molecule has 0 aliphatic heterocycles. The molecule has 0 unspecified atom stereocenters. The second-order valence-electron chi connectivity index (χ2n) is 6.26. The summed E-state index contributed by atoms with van der Waals surface area (Å²) in [5.41, 5.74) is 2.04. The molecule has 0 aliphatic carbocycles. The number of nitriles is 1. The van der Waals surface area contributed by atoms with Crippen molar-refractivity contribution in [3.63, 3.8) is 0 Å². The van der Waals surface area contributed by atoms with E-state index in [4.69, 9.17) is 9.47 Å². The summed E-state index contributed by atoms with van der Waals surface area (Å²) in [6.07, 6.45) is 2.41. The van der Waals surface area contributed by atoms with E-state index in [-0.39, 0.29) is 23.3 Å². The third-order valence-electron chi connectivity index (χ3n) is 4.11. The molecule has 0 radical (unpaired) electrons. The van der Waals surface area contributed by atoms with Gasteiger partial charge in [-0.15, -0.1) is 0 Å². The fourth-order valence-corrected chi connectivity index (χ4v) is 2.85. The predicted octanol–water partition coefficient (Wildman–Crippen LogP) is 4.39. The van der Waals surface area contributed by atoms with Crippen LogP contribution in [0.2, 0.25) is 0 Å². The number of aromatic nitrogens is 1. The van der Waals surface area contributed by atoms with E-state index in [1.54, 1.807) is 45.0 Å². The van der Waals surface area contributed by atoms with Gasteiger partial charge in [-0.25, -0.2) is 4.79 Å². The number of carbonyl (C=O) groups excluding carboxylic acids is 2. The fourth-order valence-electron chi connectivity index (χ4n) is 2.85. The Balaban J connectivity index is 2.38. The van der Waals surface area contributed by atoms with Crippen molar-refractivity contribution in [1.82, 2.24) is 4.98 Å². The number of nitrogens with zero attached hydrogens (tertiary/aromatic N) is 1. The zero-order valence-corrected chi connectivity index (χ0v) is 16.6. The van der Waals surface area contributed by atoms with Gasteiger partial charge in [-0.3, -0.25) is 4.79 Å². The summed E-state index contributed by atoms with van der Waals surface area (Å²) in [5.74, 6) is -0.369. The third-order valence-corrected chi connectivity index (χ3v) is 4.11. The molecular formula is C22H24N2O4. The summed E-state index contributed by atoms with van der Waals surface area (Å²) < 4.78 is 10.6. The molecule has 0 fully saturated rings. The largest absolute Gasteiger partial charge is 0.494 e. The number of hydrogen-bond acceptors (Lipinski definition) is 5. The molecule has 146 valence electrons. The first-order chi connectivity index (χ1) is 13.4. The molecule has 0 amide bonds. The van der Waals surface area contributed by atoms with E-state index in [9.17, 15) is 14.9 Å². The lowest BCUT2D eigenvalue weighted by Gasteiger charge is -2.06. The summed E-state index contributed by atoms with van der Waals surface area (Å²) in [5, 5.41) is 9.53. The van der Waals surface area contributed by atoms with Crippen LogP contribution in [0.25, 0.3) is 6.08 Å². The number of rotatable bonds is 8. The van der Waals surface area contributed by atoms with Gasteiger partial charge in [0.1, 0.15) is 17.4 Å². The Morgan fingerprint density at radius 2 is 1.75 bits per heavy atom. The van der Waals surface area contributed by atoms with E-state index in [1.165, 1.54) is 6.08 Å². The molecule has 0 aliphatic rings. The highest BCUT2D eigenvalue weighted by Crippen LogP contribution is 2.24. The molecule has 0 saturated carbocycles. The van der Waals surface area contributed by atoms with Crippen LogP contribution in [0.4, 0.5) is 0 Å². The van der Waals surface area contributed by atoms with Crippen molar-refractivity contribution >= 4 is 17.8 Å². The summed E-state index contributed by atoms with van der Waals surface area (Å²) in [6.45, 7) is 7.93. The van der Waals surface area contributed by atoms with Gasteiger partial charge in [-0.1, -0.05) is 19.1 Å². The van der Waals surface area contributed by atoms with Gasteiger partial charge in [0.2, 0.25) is 5.78 Å². The summed E-state index contributed by atoms with van der Waals surface area (Å²) in [7, 11) is 0. The van der Waals surface area contributed by atoms with Crippen LogP contribution < -0.4 is 4.74 Å². The van der Waals surface area contributed by atoms with Gasteiger partial charge in [-0.05, 0) is 51.0 Å². The smallest absolute Gasteiger partial charge is 0.340 e. The van der Waals surface area contributed by atoms with E-state index in [0.717, 1.165) is 12.2 Å². The van der Waals surface area contributed by atoms with Crippen molar-refractivity contribution in [3.8, 4) is 11.8 Å². The van der Waals surface area contributed by atoms with E-state index < -0.39 is 11.8 Å². The SMILES string of the molecule is CCCOc1ccc(/C=C(\C#N)C(=O)c2c(C)[nH]c(C)c2C(=O)OCC)cc1. The molecular weight excluding hydrogens is 356 g/mol. The fraction of sp³-hybridized carbons (Fsp3) is 0.318. The number of ether oxygens (including phenoxy) is 2. The van der Waals surface area contributed by atoms with Gasteiger partial charge in [0.05, 0.1) is 24.3 Å². The van der Waals surface area contributed by atoms with Crippen molar-refractivity contribution < 1.29 is 19.1 Å². The van der Waals surface area contributed by atoms with E-state index >= 15 is 0 Å². The number of ketones is 1. The van der Waals surface area contributed by atoms with Crippen LogP contribution in [-0.4, -0.2) is 30.0 Å². The van der Waals surface area contributed by atoms with Gasteiger partial charge in [0.15, 0.2) is 0 Å². The molecule has 0 spiro atoms. The number of allylic oxidation sites excluding steroid dienone is 1. The maximum absolute atomic E-state index is 13.0. The van der Waals surface area contributed by atoms with Crippen LogP contribution in [0.1, 0.15) is 57.9 Å². The molecule has 28 heavy (non-hydrogen) atoms. The number of H-pyrrole nitrogens is 1. The summed E-state index contributed by atoms with van der Waals surface area (Å²) in [4.78, 5) is 28.3. The highest BCUT2D eigenvalue weighted by atomic mass is 16.5. The highest BCUT2D eigenvalue weighted by Gasteiger charge is 2.27. The van der Waals surface area contributed by atoms with Gasteiger partial charge < -0.3 is 14.5 Å². The standard InChI is InChI=1S/C22H24N2O4/c1-5-11-28-18-9-7-16(8-10-18)12-17(13-23)21(25)19-14(3)24-15(4)20(19)22(26)27-6-2/h7-10,12,24H,5-6,11H2,1-4H3/b17-12+. The Kier molecular flexibility index (Phi) is 7.16. The predicted molar refractivity (Wildman–Crippen MR) is 106 cm³/mol. The highest BCUT2D eigenvalue weighted by molar-refractivity contribution is 6.19. The van der Waals surface area contributed by atoms with Crippen LogP contribution in [-0.2, 0) is 4.74 Å². The number of benzene rings is 1. The van der Waals surface area contributed by atoms with Crippen LogP contribution in [0.15, 0.2) is 29.8 Å². The zero-order valence-electron chi connectivity index (χ0n) is 16.6. The molecule has 1 N–H and O–H groups in total. The minimum absolute atomic E-state index is 0.0603. The van der Waals surface area contributed by atoms with Gasteiger partial charge >= 0.3 is 5.97 Å². The van der Waals surface area contributed by atoms with Crippen LogP contribution >= 0.6 is 0 Å². The molecule has 1 heterocycles. The second-order valence-corrected chi connectivity index (χ2v) is 6.26. The Hall–Kier alpha value is -3.33. The topological polar surface area (TPSA) is 92.2 Å². The number of esters is 1. The Morgan fingerprint density at radius 3 is 2.32 bits per heavy atom. The molecule has 2 aromatic rings. The molecule has 1 aromatic heterocycles. The minimum Gasteiger partial charge on any atom is -0.494 e. The first-order valence-corrected chi connectivity index (χ1v) is 9.18.